The molecule has 0 heterocycles. The molecule has 0 radical (unpaired) electrons. The Morgan fingerprint density at radius 1 is 0.444 bits per heavy atom. The van der Waals surface area contributed by atoms with Crippen LogP contribution < -0.4 is 0 Å². The lowest BCUT2D eigenvalue weighted by atomic mass is 10.0. The second-order valence-electron chi connectivity index (χ2n) is 9.96. The number of carbonyl (C=O) groups excluding carboxylic acids is 1. The molecule has 0 fully saturated rings. The van der Waals surface area contributed by atoms with Crippen LogP contribution in [0.15, 0.2) is 176 Å². The van der Waals surface area contributed by atoms with Gasteiger partial charge < -0.3 is 5.11 Å². The maximum atomic E-state index is 10.5. The molecule has 3 heteroatoms. The summed E-state index contributed by atoms with van der Waals surface area (Å²) in [5.41, 5.74) is 9.83. The van der Waals surface area contributed by atoms with Gasteiger partial charge in [-0.25, -0.2) is 4.79 Å². The van der Waals surface area contributed by atoms with E-state index >= 15 is 0 Å². The molecule has 0 bridgehead atoms. The summed E-state index contributed by atoms with van der Waals surface area (Å²) in [5, 5.41) is 8.52. The van der Waals surface area contributed by atoms with Gasteiger partial charge in [-0.05, 0) is 50.6 Å². The van der Waals surface area contributed by atoms with Crippen LogP contribution in [0, 0.1) is 0 Å². The third-order valence-electron chi connectivity index (χ3n) is 6.84. The van der Waals surface area contributed by atoms with Crippen LogP contribution in [0.3, 0.4) is 0 Å². The SMILES string of the molecule is C=Cc1ccc(-c2ccccc2)cc1.O=C(O)/C=C/c1ccc(-c2ccccc2)cc1.O=Cc1ccc(-c2ccccc2)cc1. The van der Waals surface area contributed by atoms with Crippen molar-refractivity contribution in [3.05, 3.63) is 193 Å². The van der Waals surface area contributed by atoms with E-state index in [0.29, 0.717) is 5.56 Å². The van der Waals surface area contributed by atoms with E-state index in [-0.39, 0.29) is 0 Å². The first kappa shape index (κ1) is 31.9. The summed E-state index contributed by atoms with van der Waals surface area (Å²) >= 11 is 0. The Hall–Kier alpha value is -6.06. The van der Waals surface area contributed by atoms with Gasteiger partial charge in [0.1, 0.15) is 6.29 Å². The van der Waals surface area contributed by atoms with Crippen LogP contribution in [-0.2, 0) is 4.79 Å². The molecule has 45 heavy (non-hydrogen) atoms. The molecule has 6 aromatic rings. The zero-order chi connectivity index (χ0) is 31.7. The molecule has 0 spiro atoms. The van der Waals surface area contributed by atoms with Crippen LogP contribution in [-0.4, -0.2) is 17.4 Å². The van der Waals surface area contributed by atoms with E-state index in [1.807, 2.05) is 109 Å². The Balaban J connectivity index is 0.000000155. The highest BCUT2D eigenvalue weighted by Gasteiger charge is 1.97. The fourth-order valence-corrected chi connectivity index (χ4v) is 4.41. The Morgan fingerprint density at radius 3 is 1.07 bits per heavy atom. The van der Waals surface area contributed by atoms with Gasteiger partial charge in [-0.3, -0.25) is 4.79 Å². The van der Waals surface area contributed by atoms with Crippen molar-refractivity contribution in [3.63, 3.8) is 0 Å². The molecular formula is C42H34O3. The Bertz CT molecular complexity index is 1700. The molecule has 220 valence electrons. The van der Waals surface area contributed by atoms with E-state index in [0.717, 1.165) is 40.2 Å². The second-order valence-corrected chi connectivity index (χ2v) is 9.96. The fourth-order valence-electron chi connectivity index (χ4n) is 4.41. The van der Waals surface area contributed by atoms with Crippen LogP contribution in [0.2, 0.25) is 0 Å². The summed E-state index contributed by atoms with van der Waals surface area (Å²) in [7, 11) is 0. The standard InChI is InChI=1S/C15H12O2.C14H12.C13H10O/c16-15(17)11-8-12-6-9-14(10-7-12)13-4-2-1-3-5-13;1-2-12-8-10-14(11-9-12)13-6-4-3-5-7-13;14-10-11-6-8-13(9-7-11)12-4-2-1-3-5-12/h1-11H,(H,16,17);2-11H,1H2;1-10H/b11-8+;;. The van der Waals surface area contributed by atoms with Gasteiger partial charge in [0.25, 0.3) is 0 Å². The quantitative estimate of drug-likeness (QED) is 0.150. The summed E-state index contributed by atoms with van der Waals surface area (Å²) < 4.78 is 0. The van der Waals surface area contributed by atoms with Crippen molar-refractivity contribution in [2.24, 2.45) is 0 Å². The van der Waals surface area contributed by atoms with Gasteiger partial charge in [0.2, 0.25) is 0 Å². The van der Waals surface area contributed by atoms with Crippen LogP contribution in [0.4, 0.5) is 0 Å². The predicted molar refractivity (Wildman–Crippen MR) is 188 cm³/mol. The van der Waals surface area contributed by atoms with Crippen LogP contribution in [0.25, 0.3) is 45.5 Å². The summed E-state index contributed by atoms with van der Waals surface area (Å²) in [6, 6.07) is 54.3. The zero-order valence-corrected chi connectivity index (χ0v) is 24.9. The molecule has 0 aliphatic heterocycles. The van der Waals surface area contributed by atoms with Gasteiger partial charge >= 0.3 is 5.97 Å². The van der Waals surface area contributed by atoms with Crippen LogP contribution >= 0.6 is 0 Å². The highest BCUT2D eigenvalue weighted by molar-refractivity contribution is 5.85. The third kappa shape index (κ3) is 10.3. The molecule has 0 saturated carbocycles. The average Bonchev–Trinajstić information content (AvgIpc) is 3.13. The monoisotopic (exact) mass is 586 g/mol. The summed E-state index contributed by atoms with van der Waals surface area (Å²) in [5.74, 6) is -0.933. The van der Waals surface area contributed by atoms with Gasteiger partial charge in [-0.2, -0.15) is 0 Å². The molecule has 6 aromatic carbocycles. The number of carboxylic acids is 1. The highest BCUT2D eigenvalue weighted by Crippen LogP contribution is 2.21. The number of carbonyl (C=O) groups is 2. The van der Waals surface area contributed by atoms with Gasteiger partial charge in [0.05, 0.1) is 0 Å². The molecule has 0 aromatic heterocycles. The van der Waals surface area contributed by atoms with E-state index in [9.17, 15) is 9.59 Å². The first-order valence-electron chi connectivity index (χ1n) is 14.5. The number of rotatable bonds is 7. The van der Waals surface area contributed by atoms with Crippen molar-refractivity contribution in [1.29, 1.82) is 0 Å². The normalized spacial score (nSPS) is 10.0. The molecule has 0 aliphatic rings. The molecule has 0 unspecified atom stereocenters. The van der Waals surface area contributed by atoms with E-state index in [1.165, 1.54) is 16.7 Å². The lowest BCUT2D eigenvalue weighted by Crippen LogP contribution is -1.85. The lowest BCUT2D eigenvalue weighted by molar-refractivity contribution is -0.131. The molecule has 0 saturated heterocycles. The minimum Gasteiger partial charge on any atom is -0.478 e. The number of benzene rings is 6. The van der Waals surface area contributed by atoms with Gasteiger partial charge in [-0.15, -0.1) is 0 Å². The number of aliphatic carboxylic acids is 1. The first-order valence-corrected chi connectivity index (χ1v) is 14.5. The molecule has 6 rings (SSSR count). The topological polar surface area (TPSA) is 54.4 Å². The molecule has 0 amide bonds. The van der Waals surface area contributed by atoms with Crippen molar-refractivity contribution >= 4 is 24.4 Å². The van der Waals surface area contributed by atoms with Crippen molar-refractivity contribution in [1.82, 2.24) is 0 Å². The lowest BCUT2D eigenvalue weighted by Gasteiger charge is -2.01. The Kier molecular flexibility index (Phi) is 12.1. The summed E-state index contributed by atoms with van der Waals surface area (Å²) in [6.07, 6.45) is 5.43. The smallest absolute Gasteiger partial charge is 0.328 e. The van der Waals surface area contributed by atoms with E-state index < -0.39 is 5.97 Å². The van der Waals surface area contributed by atoms with Gasteiger partial charge in [-0.1, -0.05) is 176 Å². The third-order valence-corrected chi connectivity index (χ3v) is 6.84. The summed E-state index contributed by atoms with van der Waals surface area (Å²) in [4.78, 5) is 20.8. The van der Waals surface area contributed by atoms with E-state index in [2.05, 4.69) is 67.2 Å². The van der Waals surface area contributed by atoms with E-state index in [4.69, 9.17) is 5.11 Å². The highest BCUT2D eigenvalue weighted by atomic mass is 16.4. The van der Waals surface area contributed by atoms with Crippen LogP contribution in [0.1, 0.15) is 21.5 Å². The summed E-state index contributed by atoms with van der Waals surface area (Å²) in [6.45, 7) is 3.73. The minimum absolute atomic E-state index is 0.713. The first-order chi connectivity index (χ1) is 22.1. The Morgan fingerprint density at radius 2 is 0.756 bits per heavy atom. The maximum Gasteiger partial charge on any atom is 0.328 e. The molecule has 3 nitrogen and oxygen atoms in total. The van der Waals surface area contributed by atoms with Crippen molar-refractivity contribution < 1.29 is 14.7 Å². The largest absolute Gasteiger partial charge is 0.478 e. The van der Waals surface area contributed by atoms with Crippen molar-refractivity contribution in [2.45, 2.75) is 0 Å². The number of hydrogen-bond donors (Lipinski definition) is 1. The molecule has 0 aliphatic carbocycles. The van der Waals surface area contributed by atoms with Crippen LogP contribution in [0.5, 0.6) is 0 Å². The van der Waals surface area contributed by atoms with Gasteiger partial charge in [0, 0.05) is 11.6 Å². The van der Waals surface area contributed by atoms with Crippen molar-refractivity contribution in [3.8, 4) is 33.4 Å². The number of hydrogen-bond acceptors (Lipinski definition) is 2. The Labute approximate surface area is 265 Å². The second kappa shape index (κ2) is 17.2. The molecule has 1 N–H and O–H groups in total. The number of aldehydes is 1. The predicted octanol–water partition coefficient (Wildman–Crippen LogP) is 10.6. The van der Waals surface area contributed by atoms with Gasteiger partial charge in [0.15, 0.2) is 0 Å². The molecule has 0 atom stereocenters. The van der Waals surface area contributed by atoms with E-state index in [1.54, 1.807) is 6.08 Å². The van der Waals surface area contributed by atoms with Crippen molar-refractivity contribution in [2.75, 3.05) is 0 Å². The average molecular weight is 587 g/mol. The molecular weight excluding hydrogens is 552 g/mol. The zero-order valence-electron chi connectivity index (χ0n) is 24.9. The maximum absolute atomic E-state index is 10.5. The number of carboxylic acid groups (broad SMARTS) is 1. The fraction of sp³-hybridized carbons (Fsp3) is 0. The minimum atomic E-state index is -0.933.